The van der Waals surface area contributed by atoms with Crippen LogP contribution >= 0.6 is 11.6 Å². The van der Waals surface area contributed by atoms with Gasteiger partial charge in [-0.15, -0.1) is 0 Å². The lowest BCUT2D eigenvalue weighted by Crippen LogP contribution is -2.41. The van der Waals surface area contributed by atoms with Gasteiger partial charge in [-0.3, -0.25) is 4.79 Å². The highest BCUT2D eigenvalue weighted by molar-refractivity contribution is 6.48. The van der Waals surface area contributed by atoms with Gasteiger partial charge in [0.25, 0.3) is 0 Å². The van der Waals surface area contributed by atoms with Crippen LogP contribution in [0.5, 0.6) is 0 Å². The highest BCUT2D eigenvalue weighted by atomic mass is 35.5. The van der Waals surface area contributed by atoms with Gasteiger partial charge in [-0.05, 0) is 45.4 Å². The summed E-state index contributed by atoms with van der Waals surface area (Å²) in [6, 6.07) is 7.38. The topological polar surface area (TPSA) is 44.8 Å². The molecule has 0 N–H and O–H groups in total. The van der Waals surface area contributed by atoms with Crippen LogP contribution in [0, 0.1) is 0 Å². The molecule has 1 aliphatic rings. The minimum absolute atomic E-state index is 0.189. The zero-order valence-electron chi connectivity index (χ0n) is 13.7. The number of carbonyl (C=O) groups excluding carboxylic acids is 1. The van der Waals surface area contributed by atoms with Crippen LogP contribution in [0.25, 0.3) is 0 Å². The SMILES string of the molecule is COC(=O)C[C@H](B1OC(C)(C)C(C)(C)O1)c1ccc(Cl)cc1. The molecule has 1 aromatic rings. The molecule has 1 atom stereocenters. The molecule has 22 heavy (non-hydrogen) atoms. The molecular formula is C16H22BClO4. The maximum absolute atomic E-state index is 11.8. The van der Waals surface area contributed by atoms with Gasteiger partial charge in [0.15, 0.2) is 0 Å². The summed E-state index contributed by atoms with van der Waals surface area (Å²) in [5, 5.41) is 0.648. The first kappa shape index (κ1) is 17.3. The van der Waals surface area contributed by atoms with Gasteiger partial charge in [-0.1, -0.05) is 23.7 Å². The third-order valence-corrected chi connectivity index (χ3v) is 4.76. The Balaban J connectivity index is 2.29. The largest absolute Gasteiger partial charge is 0.469 e. The Kier molecular flexibility index (Phi) is 4.90. The predicted octanol–water partition coefficient (Wildman–Crippen LogP) is 3.62. The second-order valence-electron chi connectivity index (χ2n) is 6.56. The fourth-order valence-electron chi connectivity index (χ4n) is 2.40. The summed E-state index contributed by atoms with van der Waals surface area (Å²) >= 11 is 5.95. The molecule has 6 heteroatoms. The number of ether oxygens (including phenoxy) is 1. The monoisotopic (exact) mass is 324 g/mol. The van der Waals surface area contributed by atoms with Crippen LogP contribution < -0.4 is 0 Å². The lowest BCUT2D eigenvalue weighted by molar-refractivity contribution is -0.140. The van der Waals surface area contributed by atoms with Crippen molar-refractivity contribution in [2.24, 2.45) is 0 Å². The van der Waals surface area contributed by atoms with Crippen molar-refractivity contribution in [3.05, 3.63) is 34.9 Å². The highest BCUT2D eigenvalue weighted by Crippen LogP contribution is 2.41. The zero-order chi connectivity index (χ0) is 16.5. The Bertz CT molecular complexity index is 526. The van der Waals surface area contributed by atoms with Crippen LogP contribution in [-0.4, -0.2) is 31.4 Å². The van der Waals surface area contributed by atoms with E-state index in [1.807, 2.05) is 39.8 Å². The van der Waals surface area contributed by atoms with Gasteiger partial charge < -0.3 is 14.0 Å². The van der Waals surface area contributed by atoms with E-state index >= 15 is 0 Å². The predicted molar refractivity (Wildman–Crippen MR) is 86.9 cm³/mol. The second kappa shape index (κ2) is 6.22. The van der Waals surface area contributed by atoms with Gasteiger partial charge in [0, 0.05) is 10.8 Å². The van der Waals surface area contributed by atoms with Crippen molar-refractivity contribution in [1.29, 1.82) is 0 Å². The van der Waals surface area contributed by atoms with Gasteiger partial charge in [0.2, 0.25) is 0 Å². The second-order valence-corrected chi connectivity index (χ2v) is 7.00. The molecule has 1 aliphatic heterocycles. The summed E-state index contributed by atoms with van der Waals surface area (Å²) in [4.78, 5) is 11.8. The molecule has 0 spiro atoms. The van der Waals surface area contributed by atoms with E-state index < -0.39 is 18.3 Å². The zero-order valence-corrected chi connectivity index (χ0v) is 14.4. The molecule has 4 nitrogen and oxygen atoms in total. The van der Waals surface area contributed by atoms with Gasteiger partial charge in [0.1, 0.15) is 0 Å². The molecule has 0 radical (unpaired) electrons. The Labute approximate surface area is 137 Å². The lowest BCUT2D eigenvalue weighted by atomic mass is 9.66. The van der Waals surface area contributed by atoms with Crippen LogP contribution in [-0.2, 0) is 18.8 Å². The average Bonchev–Trinajstić information content (AvgIpc) is 2.65. The van der Waals surface area contributed by atoms with Crippen LogP contribution in [0.1, 0.15) is 45.5 Å². The van der Waals surface area contributed by atoms with Gasteiger partial charge in [0.05, 0.1) is 24.7 Å². The van der Waals surface area contributed by atoms with Crippen molar-refractivity contribution in [1.82, 2.24) is 0 Å². The van der Waals surface area contributed by atoms with Crippen molar-refractivity contribution in [2.45, 2.75) is 51.1 Å². The van der Waals surface area contributed by atoms with Gasteiger partial charge in [-0.2, -0.15) is 0 Å². The van der Waals surface area contributed by atoms with Crippen LogP contribution in [0.2, 0.25) is 5.02 Å². The molecule has 1 aromatic carbocycles. The molecule has 0 aromatic heterocycles. The van der Waals surface area contributed by atoms with E-state index in [0.717, 1.165) is 5.56 Å². The Morgan fingerprint density at radius 3 is 2.14 bits per heavy atom. The molecule has 0 saturated carbocycles. The first-order valence-corrected chi connectivity index (χ1v) is 7.72. The molecular weight excluding hydrogens is 302 g/mol. The molecule has 0 bridgehead atoms. The molecule has 1 fully saturated rings. The van der Waals surface area contributed by atoms with Crippen molar-refractivity contribution in [2.75, 3.05) is 7.11 Å². The standard InChI is InChI=1S/C16H22BClO4/c1-15(2)16(3,4)22-17(21-15)13(10-14(19)20-5)11-6-8-12(18)9-7-11/h6-9,13H,10H2,1-5H3/t13-/m0/s1. The van der Waals surface area contributed by atoms with Crippen LogP contribution in [0.4, 0.5) is 0 Å². The number of rotatable bonds is 4. The number of carbonyl (C=O) groups is 1. The Morgan fingerprint density at radius 2 is 1.68 bits per heavy atom. The first-order valence-electron chi connectivity index (χ1n) is 7.34. The van der Waals surface area contributed by atoms with E-state index in [1.165, 1.54) is 7.11 Å². The van der Waals surface area contributed by atoms with E-state index in [1.54, 1.807) is 12.1 Å². The molecule has 2 rings (SSSR count). The van der Waals surface area contributed by atoms with Gasteiger partial charge >= 0.3 is 13.1 Å². The number of hydrogen-bond donors (Lipinski definition) is 0. The number of methoxy groups -OCH3 is 1. The minimum atomic E-state index is -0.509. The lowest BCUT2D eigenvalue weighted by Gasteiger charge is -2.32. The quantitative estimate of drug-likeness (QED) is 0.627. The molecule has 120 valence electrons. The van der Waals surface area contributed by atoms with Crippen molar-refractivity contribution < 1.29 is 18.8 Å². The molecule has 0 aliphatic carbocycles. The fraction of sp³-hybridized carbons (Fsp3) is 0.562. The normalized spacial score (nSPS) is 20.7. The van der Waals surface area contributed by atoms with Crippen molar-refractivity contribution in [3.8, 4) is 0 Å². The summed E-state index contributed by atoms with van der Waals surface area (Å²) in [6.07, 6.45) is 0.189. The number of benzene rings is 1. The fourth-order valence-corrected chi connectivity index (χ4v) is 2.52. The number of hydrogen-bond acceptors (Lipinski definition) is 4. The van der Waals surface area contributed by atoms with Crippen LogP contribution in [0.15, 0.2) is 24.3 Å². The van der Waals surface area contributed by atoms with Crippen LogP contribution in [0.3, 0.4) is 0 Å². The third-order valence-electron chi connectivity index (χ3n) is 4.51. The average molecular weight is 325 g/mol. The number of halogens is 1. The summed E-state index contributed by atoms with van der Waals surface area (Å²) in [5.41, 5.74) is 0.0463. The van der Waals surface area contributed by atoms with Crippen molar-refractivity contribution in [3.63, 3.8) is 0 Å². The summed E-state index contributed by atoms with van der Waals surface area (Å²) < 4.78 is 17.0. The maximum Gasteiger partial charge on any atom is 0.466 e. The van der Waals surface area contributed by atoms with E-state index in [9.17, 15) is 4.79 Å². The van der Waals surface area contributed by atoms with E-state index in [0.29, 0.717) is 5.02 Å². The summed E-state index contributed by atoms with van der Waals surface area (Å²) in [5.74, 6) is -0.541. The molecule has 0 amide bonds. The Morgan fingerprint density at radius 1 is 1.18 bits per heavy atom. The smallest absolute Gasteiger partial charge is 0.466 e. The number of esters is 1. The highest BCUT2D eigenvalue weighted by Gasteiger charge is 2.54. The van der Waals surface area contributed by atoms with Crippen molar-refractivity contribution >= 4 is 24.7 Å². The molecule has 1 saturated heterocycles. The van der Waals surface area contributed by atoms with E-state index in [4.69, 9.17) is 25.6 Å². The summed E-state index contributed by atoms with van der Waals surface area (Å²) in [7, 11) is 0.871. The van der Waals surface area contributed by atoms with E-state index in [-0.39, 0.29) is 18.2 Å². The third kappa shape index (κ3) is 3.48. The minimum Gasteiger partial charge on any atom is -0.469 e. The van der Waals surface area contributed by atoms with E-state index in [2.05, 4.69) is 0 Å². The Hall–Kier alpha value is -1.04. The molecule has 1 heterocycles. The summed E-state index contributed by atoms with van der Waals surface area (Å²) in [6.45, 7) is 7.96. The maximum atomic E-state index is 11.8. The molecule has 0 unspecified atom stereocenters. The van der Waals surface area contributed by atoms with Gasteiger partial charge in [-0.25, -0.2) is 0 Å². The first-order chi connectivity index (χ1) is 10.2.